The molecule has 0 unspecified atom stereocenters. The summed E-state index contributed by atoms with van der Waals surface area (Å²) < 4.78 is 45.1. The lowest BCUT2D eigenvalue weighted by molar-refractivity contribution is -0.384. The zero-order valence-electron chi connectivity index (χ0n) is 25.7. The third-order valence-electron chi connectivity index (χ3n) is 6.12. The van der Waals surface area contributed by atoms with Crippen LogP contribution in [0.2, 0.25) is 0 Å². The predicted molar refractivity (Wildman–Crippen MR) is 174 cm³/mol. The first-order valence-corrected chi connectivity index (χ1v) is 17.6. The molecule has 0 spiro atoms. The number of rotatable bonds is 17. The Morgan fingerprint density at radius 2 is 1.22 bits per heavy atom. The highest BCUT2D eigenvalue weighted by Gasteiger charge is 2.26. The van der Waals surface area contributed by atoms with E-state index in [0.717, 1.165) is 5.75 Å². The summed E-state index contributed by atoms with van der Waals surface area (Å²) in [5.41, 5.74) is 1.54. The molecule has 14 heteroatoms. The standard InChI is InChI=1S/C17H15NO8S.C15H24NO2S/c19-16(24-11-13-7-3-1-4-8-13)15(18-26-27(21,22)23)17(20)25-12-14-9-5-2-6-10-14;1-3-5-11-19(12-6-4-2)13-14-7-9-15(10-8-14)16(17)18/h1-10H,11-12H2,(H,21,22,23);7-10H,3-6,11-13H2,1-2H3/q;+1/p-1. The smallest absolute Gasteiger partial charge is 0.368 e. The van der Waals surface area contributed by atoms with Gasteiger partial charge in [0.2, 0.25) is 0 Å². The van der Waals surface area contributed by atoms with E-state index in [9.17, 15) is 32.7 Å². The molecule has 3 aromatic rings. The van der Waals surface area contributed by atoms with Crippen LogP contribution in [-0.4, -0.2) is 47.0 Å². The molecule has 3 aromatic carbocycles. The molecule has 0 atom stereocenters. The van der Waals surface area contributed by atoms with Gasteiger partial charge in [-0.05, 0) is 47.0 Å². The Morgan fingerprint density at radius 3 is 1.61 bits per heavy atom. The van der Waals surface area contributed by atoms with Crippen molar-refractivity contribution >= 4 is 44.6 Å². The maximum atomic E-state index is 12.1. The van der Waals surface area contributed by atoms with Crippen molar-refractivity contribution in [3.8, 4) is 0 Å². The van der Waals surface area contributed by atoms with Crippen molar-refractivity contribution in [2.45, 2.75) is 58.5 Å². The van der Waals surface area contributed by atoms with E-state index in [1.165, 1.54) is 42.8 Å². The lowest BCUT2D eigenvalue weighted by Gasteiger charge is -2.09. The first kappa shape index (κ1) is 37.9. The van der Waals surface area contributed by atoms with Crippen LogP contribution in [0.3, 0.4) is 0 Å². The molecule has 3 rings (SSSR count). The predicted octanol–water partition coefficient (Wildman–Crippen LogP) is 5.62. The van der Waals surface area contributed by atoms with Gasteiger partial charge >= 0.3 is 11.9 Å². The average molecular weight is 675 g/mol. The van der Waals surface area contributed by atoms with E-state index in [2.05, 4.69) is 23.3 Å². The Bertz CT molecular complexity index is 1440. The number of nitro benzene ring substituents is 1. The number of nitrogens with zero attached hydrogens (tertiary/aromatic N) is 2. The molecule has 0 N–H and O–H groups in total. The lowest BCUT2D eigenvalue weighted by Crippen LogP contribution is -2.29. The van der Waals surface area contributed by atoms with Crippen LogP contribution in [-0.2, 0) is 63.6 Å². The van der Waals surface area contributed by atoms with Gasteiger partial charge in [-0.1, -0.05) is 92.5 Å². The molecule has 0 heterocycles. The minimum absolute atomic E-state index is 0.186. The number of hydrogen-bond donors (Lipinski definition) is 0. The fraction of sp³-hybridized carbons (Fsp3) is 0.344. The molecular weight excluding hydrogens is 636 g/mol. The van der Waals surface area contributed by atoms with Gasteiger partial charge in [0.1, 0.15) is 30.5 Å². The minimum Gasteiger partial charge on any atom is -0.714 e. The summed E-state index contributed by atoms with van der Waals surface area (Å²) in [6.45, 7) is 4.03. The van der Waals surface area contributed by atoms with Crippen molar-refractivity contribution < 1.29 is 41.2 Å². The highest BCUT2D eigenvalue weighted by molar-refractivity contribution is 7.96. The molecule has 0 fully saturated rings. The number of unbranched alkanes of at least 4 members (excludes halogenated alkanes) is 2. The fourth-order valence-corrected chi connectivity index (χ4v) is 6.43. The second kappa shape index (κ2) is 20.7. The van der Waals surface area contributed by atoms with Gasteiger partial charge in [-0.15, -0.1) is 0 Å². The highest BCUT2D eigenvalue weighted by atomic mass is 32.3. The summed E-state index contributed by atoms with van der Waals surface area (Å²) in [6.07, 6.45) is 5.07. The molecule has 12 nitrogen and oxygen atoms in total. The molecule has 0 aromatic heterocycles. The number of carbonyl (C=O) groups excluding carboxylic acids is 2. The van der Waals surface area contributed by atoms with Crippen LogP contribution >= 0.6 is 0 Å². The minimum atomic E-state index is -5.27. The average Bonchev–Trinajstić information content (AvgIpc) is 3.05. The van der Waals surface area contributed by atoms with Crippen LogP contribution in [0.1, 0.15) is 56.2 Å². The number of nitro groups is 1. The summed E-state index contributed by atoms with van der Waals surface area (Å²) in [7, 11) is -4.84. The number of esters is 2. The lowest BCUT2D eigenvalue weighted by atomic mass is 10.2. The van der Waals surface area contributed by atoms with Crippen LogP contribution in [0.25, 0.3) is 0 Å². The van der Waals surface area contributed by atoms with E-state index in [1.807, 2.05) is 12.1 Å². The second-order valence-corrected chi connectivity index (χ2v) is 13.1. The molecular formula is C32H38N2O10S2. The van der Waals surface area contributed by atoms with Gasteiger partial charge in [-0.2, -0.15) is 8.42 Å². The summed E-state index contributed by atoms with van der Waals surface area (Å²) in [5.74, 6) is 1.07. The topological polar surface area (TPSA) is 175 Å². The zero-order valence-corrected chi connectivity index (χ0v) is 27.4. The Morgan fingerprint density at radius 1 is 0.761 bits per heavy atom. The van der Waals surface area contributed by atoms with Gasteiger partial charge in [-0.3, -0.25) is 14.4 Å². The van der Waals surface area contributed by atoms with Gasteiger partial charge in [-0.25, -0.2) is 9.59 Å². The molecule has 0 bridgehead atoms. The molecule has 0 aliphatic carbocycles. The van der Waals surface area contributed by atoms with Crippen LogP contribution in [0.15, 0.2) is 90.1 Å². The Hall–Kier alpha value is -4.27. The van der Waals surface area contributed by atoms with E-state index in [4.69, 9.17) is 9.47 Å². The van der Waals surface area contributed by atoms with Gasteiger partial charge in [0.25, 0.3) is 21.8 Å². The molecule has 0 amide bonds. The Labute approximate surface area is 272 Å². The van der Waals surface area contributed by atoms with Gasteiger partial charge in [0, 0.05) is 17.7 Å². The SMILES string of the molecule is CCCC[S+](CCCC)Cc1ccc([N+](=O)[O-])cc1.O=C(OCc1ccccc1)C(=NOS(=O)(=O)[O-])C(=O)OCc1ccccc1. The summed E-state index contributed by atoms with van der Waals surface area (Å²) >= 11 is 0. The molecule has 0 saturated heterocycles. The van der Waals surface area contributed by atoms with Crippen molar-refractivity contribution in [1.82, 2.24) is 0 Å². The van der Waals surface area contributed by atoms with E-state index in [1.54, 1.807) is 72.8 Å². The van der Waals surface area contributed by atoms with Gasteiger partial charge in [0.15, 0.2) is 0 Å². The number of ether oxygens (including phenoxy) is 2. The largest absolute Gasteiger partial charge is 0.714 e. The van der Waals surface area contributed by atoms with Crippen molar-refractivity contribution in [3.63, 3.8) is 0 Å². The first-order valence-electron chi connectivity index (χ1n) is 14.5. The molecule has 0 saturated carbocycles. The highest BCUT2D eigenvalue weighted by Crippen LogP contribution is 2.17. The molecule has 0 aliphatic heterocycles. The fourth-order valence-electron chi connectivity index (χ4n) is 3.72. The van der Waals surface area contributed by atoms with Crippen molar-refractivity contribution in [2.24, 2.45) is 5.16 Å². The number of hydrogen-bond acceptors (Lipinski definition) is 11. The van der Waals surface area contributed by atoms with Gasteiger partial charge < -0.3 is 14.0 Å². The number of carbonyl (C=O) groups is 2. The summed E-state index contributed by atoms with van der Waals surface area (Å²) in [6, 6.07) is 24.1. The van der Waals surface area contributed by atoms with Crippen molar-refractivity contribution in [3.05, 3.63) is 112 Å². The molecule has 46 heavy (non-hydrogen) atoms. The van der Waals surface area contributed by atoms with Gasteiger partial charge in [0.05, 0.1) is 4.92 Å². The van der Waals surface area contributed by atoms with E-state index in [-0.39, 0.29) is 23.8 Å². The summed E-state index contributed by atoms with van der Waals surface area (Å²) in [4.78, 5) is 34.4. The van der Waals surface area contributed by atoms with Crippen molar-refractivity contribution in [2.75, 3.05) is 11.5 Å². The first-order chi connectivity index (χ1) is 22.0. The number of oxime groups is 1. The number of non-ortho nitro benzene ring substituents is 1. The quantitative estimate of drug-likeness (QED) is 0.0255. The normalized spacial score (nSPS) is 10.7. The molecule has 248 valence electrons. The van der Waals surface area contributed by atoms with E-state index >= 15 is 0 Å². The molecule has 0 aliphatic rings. The van der Waals surface area contributed by atoms with Crippen LogP contribution in [0, 0.1) is 10.1 Å². The monoisotopic (exact) mass is 674 g/mol. The maximum absolute atomic E-state index is 12.1. The third kappa shape index (κ3) is 15.6. The van der Waals surface area contributed by atoms with Crippen LogP contribution in [0.4, 0.5) is 5.69 Å². The zero-order chi connectivity index (χ0) is 33.8. The number of benzene rings is 3. The van der Waals surface area contributed by atoms with E-state index in [0.29, 0.717) is 22.0 Å². The van der Waals surface area contributed by atoms with Crippen LogP contribution in [0.5, 0.6) is 0 Å². The third-order valence-corrected chi connectivity index (χ3v) is 8.85. The Kier molecular flexibility index (Phi) is 17.1. The molecule has 0 radical (unpaired) electrons. The van der Waals surface area contributed by atoms with E-state index < -0.39 is 28.0 Å². The second-order valence-electron chi connectivity index (χ2n) is 9.84. The van der Waals surface area contributed by atoms with Crippen LogP contribution < -0.4 is 0 Å². The summed E-state index contributed by atoms with van der Waals surface area (Å²) in [5, 5.41) is 13.4. The maximum Gasteiger partial charge on any atom is 0.368 e. The Balaban J connectivity index is 0.000000341. The van der Waals surface area contributed by atoms with Crippen molar-refractivity contribution in [1.29, 1.82) is 0 Å².